The largest absolute Gasteiger partial charge is 0.367 e. The summed E-state index contributed by atoms with van der Waals surface area (Å²) in [5.41, 5.74) is 0.466. The van der Waals surface area contributed by atoms with Gasteiger partial charge in [0.1, 0.15) is 23.5 Å². The lowest BCUT2D eigenvalue weighted by atomic mass is 9.79. The van der Waals surface area contributed by atoms with Crippen LogP contribution in [0.3, 0.4) is 0 Å². The summed E-state index contributed by atoms with van der Waals surface area (Å²) < 4.78 is 13.9. The van der Waals surface area contributed by atoms with Crippen LogP contribution in [0.5, 0.6) is 0 Å². The number of halogens is 1. The Kier molecular flexibility index (Phi) is 3.56. The summed E-state index contributed by atoms with van der Waals surface area (Å²) in [7, 11) is 0. The van der Waals surface area contributed by atoms with Crippen LogP contribution < -0.4 is 10.6 Å². The van der Waals surface area contributed by atoms with Gasteiger partial charge >= 0.3 is 0 Å². The quantitative estimate of drug-likeness (QED) is 0.891. The van der Waals surface area contributed by atoms with Gasteiger partial charge in [-0.15, -0.1) is 0 Å². The van der Waals surface area contributed by atoms with Crippen molar-refractivity contribution in [3.63, 3.8) is 0 Å². The number of fused-ring (bicyclic) bond motifs is 1. The summed E-state index contributed by atoms with van der Waals surface area (Å²) in [6, 6.07) is 5.27. The molecule has 1 aliphatic rings. The third-order valence-corrected chi connectivity index (χ3v) is 4.15. The predicted molar refractivity (Wildman–Crippen MR) is 87.4 cm³/mol. The predicted octanol–water partition coefficient (Wildman–Crippen LogP) is 3.49. The summed E-state index contributed by atoms with van der Waals surface area (Å²) in [5.74, 6) is 0.400. The summed E-state index contributed by atoms with van der Waals surface area (Å²) in [5, 5.41) is 7.90. The van der Waals surface area contributed by atoms with Gasteiger partial charge in [-0.3, -0.25) is 0 Å². The van der Waals surface area contributed by atoms with Crippen molar-refractivity contribution in [2.24, 2.45) is 0 Å². The van der Waals surface area contributed by atoms with E-state index >= 15 is 0 Å². The number of hydrogen-bond acceptors (Lipinski definition) is 4. The molecule has 5 heteroatoms. The fraction of sp³-hybridized carbons (Fsp3) is 0.529. The Morgan fingerprint density at radius 1 is 1.14 bits per heavy atom. The number of nitrogens with one attached hydrogen (secondary N) is 2. The van der Waals surface area contributed by atoms with E-state index < -0.39 is 0 Å². The topological polar surface area (TPSA) is 49.8 Å². The molecule has 1 aliphatic heterocycles. The van der Waals surface area contributed by atoms with Crippen molar-refractivity contribution in [3.8, 4) is 0 Å². The SMILES string of the molecule is CC1(C)CC(Nc2ncnc3c(F)cccc23)CC(C)(C)N1. The minimum absolute atomic E-state index is 0.0491. The molecular weight excluding hydrogens is 279 g/mol. The highest BCUT2D eigenvalue weighted by Gasteiger charge is 2.37. The standard InChI is InChI=1S/C17H23FN4/c1-16(2)8-11(9-17(3,4)22-16)21-15-12-6-5-7-13(18)14(12)19-10-20-15/h5-7,10-11,22H,8-9H2,1-4H3,(H,19,20,21). The maximum Gasteiger partial charge on any atom is 0.149 e. The molecule has 2 aromatic rings. The molecule has 0 bridgehead atoms. The fourth-order valence-corrected chi connectivity index (χ4v) is 3.78. The van der Waals surface area contributed by atoms with Gasteiger partial charge in [0.25, 0.3) is 0 Å². The molecule has 3 rings (SSSR count). The Bertz CT molecular complexity index is 680. The van der Waals surface area contributed by atoms with Crippen molar-refractivity contribution in [1.29, 1.82) is 0 Å². The summed E-state index contributed by atoms with van der Waals surface area (Å²) >= 11 is 0. The Morgan fingerprint density at radius 3 is 2.50 bits per heavy atom. The monoisotopic (exact) mass is 302 g/mol. The highest BCUT2D eigenvalue weighted by atomic mass is 19.1. The molecule has 118 valence electrons. The molecule has 0 amide bonds. The molecule has 0 aliphatic carbocycles. The third kappa shape index (κ3) is 3.04. The minimum atomic E-state index is -0.311. The smallest absolute Gasteiger partial charge is 0.149 e. The van der Waals surface area contributed by atoms with Crippen molar-refractivity contribution in [2.75, 3.05) is 5.32 Å². The first-order valence-electron chi connectivity index (χ1n) is 7.71. The molecule has 2 heterocycles. The third-order valence-electron chi connectivity index (χ3n) is 4.15. The molecule has 1 saturated heterocycles. The Balaban J connectivity index is 1.92. The first-order chi connectivity index (χ1) is 10.3. The summed E-state index contributed by atoms with van der Waals surface area (Å²) in [4.78, 5) is 8.38. The zero-order valence-electron chi connectivity index (χ0n) is 13.6. The maximum atomic E-state index is 13.9. The zero-order valence-corrected chi connectivity index (χ0v) is 13.6. The van der Waals surface area contributed by atoms with E-state index in [0.717, 1.165) is 18.2 Å². The summed E-state index contributed by atoms with van der Waals surface area (Å²) in [6.45, 7) is 8.83. The minimum Gasteiger partial charge on any atom is -0.367 e. The average Bonchev–Trinajstić information content (AvgIpc) is 2.36. The van der Waals surface area contributed by atoms with Gasteiger partial charge in [0.2, 0.25) is 0 Å². The van der Waals surface area contributed by atoms with Crippen molar-refractivity contribution in [3.05, 3.63) is 30.3 Å². The molecule has 0 radical (unpaired) electrons. The molecule has 22 heavy (non-hydrogen) atoms. The number of nitrogens with zero attached hydrogens (tertiary/aromatic N) is 2. The van der Waals surface area contributed by atoms with Crippen LogP contribution in [-0.4, -0.2) is 27.1 Å². The van der Waals surface area contributed by atoms with Crippen molar-refractivity contribution < 1.29 is 4.39 Å². The second-order valence-electron chi connectivity index (χ2n) is 7.50. The highest BCUT2D eigenvalue weighted by Crippen LogP contribution is 2.31. The number of benzene rings is 1. The van der Waals surface area contributed by atoms with Gasteiger partial charge in [-0.2, -0.15) is 0 Å². The molecule has 4 nitrogen and oxygen atoms in total. The molecular formula is C17H23FN4. The van der Waals surface area contributed by atoms with Crippen LogP contribution in [0.15, 0.2) is 24.5 Å². The number of rotatable bonds is 2. The first-order valence-corrected chi connectivity index (χ1v) is 7.71. The Labute approximate surface area is 130 Å². The van der Waals surface area contributed by atoms with Crippen LogP contribution in [0.2, 0.25) is 0 Å². The van der Waals surface area contributed by atoms with E-state index in [-0.39, 0.29) is 22.9 Å². The van der Waals surface area contributed by atoms with E-state index in [2.05, 4.69) is 48.3 Å². The maximum absolute atomic E-state index is 13.9. The molecule has 1 fully saturated rings. The second kappa shape index (κ2) is 5.16. The molecule has 0 saturated carbocycles. The number of aromatic nitrogens is 2. The van der Waals surface area contributed by atoms with Crippen LogP contribution in [-0.2, 0) is 0 Å². The molecule has 2 N–H and O–H groups in total. The molecule has 1 aromatic carbocycles. The van der Waals surface area contributed by atoms with Crippen molar-refractivity contribution in [2.45, 2.75) is 57.7 Å². The number of para-hydroxylation sites is 1. The lowest BCUT2D eigenvalue weighted by molar-refractivity contribution is 0.170. The van der Waals surface area contributed by atoms with Crippen molar-refractivity contribution >= 4 is 16.7 Å². The summed E-state index contributed by atoms with van der Waals surface area (Å²) in [6.07, 6.45) is 3.39. The highest BCUT2D eigenvalue weighted by molar-refractivity contribution is 5.89. The van der Waals surface area contributed by atoms with E-state index in [0.29, 0.717) is 11.3 Å². The lowest BCUT2D eigenvalue weighted by Crippen LogP contribution is -2.60. The first kappa shape index (κ1) is 15.2. The lowest BCUT2D eigenvalue weighted by Gasteiger charge is -2.46. The van der Waals surface area contributed by atoms with Gasteiger partial charge in [-0.05, 0) is 52.7 Å². The van der Waals surface area contributed by atoms with Crippen LogP contribution in [0.4, 0.5) is 10.2 Å². The van der Waals surface area contributed by atoms with E-state index in [1.54, 1.807) is 6.07 Å². The van der Waals surface area contributed by atoms with E-state index in [1.165, 1.54) is 12.4 Å². The van der Waals surface area contributed by atoms with Gasteiger partial charge in [0.15, 0.2) is 0 Å². The average molecular weight is 302 g/mol. The van der Waals surface area contributed by atoms with Gasteiger partial charge in [0.05, 0.1) is 0 Å². The molecule has 1 aromatic heterocycles. The van der Waals surface area contributed by atoms with Crippen LogP contribution in [0, 0.1) is 5.82 Å². The van der Waals surface area contributed by atoms with Crippen LogP contribution in [0.1, 0.15) is 40.5 Å². The number of anilines is 1. The normalized spacial score (nSPS) is 21.0. The van der Waals surface area contributed by atoms with Gasteiger partial charge in [-0.25, -0.2) is 14.4 Å². The van der Waals surface area contributed by atoms with E-state index in [4.69, 9.17) is 0 Å². The van der Waals surface area contributed by atoms with Crippen molar-refractivity contribution in [1.82, 2.24) is 15.3 Å². The molecule has 0 unspecified atom stereocenters. The number of piperidine rings is 1. The van der Waals surface area contributed by atoms with E-state index in [1.807, 2.05) is 6.07 Å². The van der Waals surface area contributed by atoms with Gasteiger partial charge in [-0.1, -0.05) is 6.07 Å². The van der Waals surface area contributed by atoms with Gasteiger partial charge < -0.3 is 10.6 Å². The number of hydrogen-bond donors (Lipinski definition) is 2. The zero-order chi connectivity index (χ0) is 16.0. The molecule has 0 atom stereocenters. The Morgan fingerprint density at radius 2 is 1.82 bits per heavy atom. The second-order valence-corrected chi connectivity index (χ2v) is 7.50. The van der Waals surface area contributed by atoms with Gasteiger partial charge in [0, 0.05) is 22.5 Å². The van der Waals surface area contributed by atoms with E-state index in [9.17, 15) is 4.39 Å². The van der Waals surface area contributed by atoms with Crippen LogP contribution in [0.25, 0.3) is 10.9 Å². The fourth-order valence-electron chi connectivity index (χ4n) is 3.78. The Hall–Kier alpha value is -1.75. The molecule has 0 spiro atoms. The van der Waals surface area contributed by atoms with Crippen LogP contribution >= 0.6 is 0 Å².